The highest BCUT2D eigenvalue weighted by Crippen LogP contribution is 2.59. The molecule has 2 unspecified atom stereocenters. The number of likely N-dealkylation sites (tertiary alicyclic amines) is 1. The summed E-state index contributed by atoms with van der Waals surface area (Å²) in [5.41, 5.74) is -4.11. The number of halogens is 2. The molecule has 1 aliphatic rings. The number of fused-ring (bicyclic) bond motifs is 1. The van der Waals surface area contributed by atoms with Gasteiger partial charge in [0, 0.05) is 28.6 Å². The van der Waals surface area contributed by atoms with Crippen molar-refractivity contribution in [3.63, 3.8) is 0 Å². The van der Waals surface area contributed by atoms with Crippen LogP contribution in [0.1, 0.15) is 60.1 Å². The van der Waals surface area contributed by atoms with Crippen LogP contribution >= 0.6 is 30.3 Å². The van der Waals surface area contributed by atoms with Crippen molar-refractivity contribution in [2.75, 3.05) is 11.9 Å². The van der Waals surface area contributed by atoms with Crippen molar-refractivity contribution in [2.45, 2.75) is 57.8 Å². The Morgan fingerprint density at radius 1 is 1.11 bits per heavy atom. The summed E-state index contributed by atoms with van der Waals surface area (Å²) in [6, 6.07) is 12.5. The van der Waals surface area contributed by atoms with Gasteiger partial charge >= 0.3 is 13.3 Å². The number of nitrogens with one attached hydrogen (secondary N) is 2. The minimum atomic E-state index is -5.77. The van der Waals surface area contributed by atoms with Gasteiger partial charge in [0.15, 0.2) is 5.13 Å². The van der Waals surface area contributed by atoms with Crippen LogP contribution in [0.25, 0.3) is 10.1 Å². The van der Waals surface area contributed by atoms with Gasteiger partial charge in [0.1, 0.15) is 12.1 Å². The summed E-state index contributed by atoms with van der Waals surface area (Å²) in [6.07, 6.45) is 1.67. The third kappa shape index (κ3) is 7.21. The number of aromatic nitrogens is 1. The van der Waals surface area contributed by atoms with Gasteiger partial charge in [-0.05, 0) is 47.4 Å². The van der Waals surface area contributed by atoms with Gasteiger partial charge in [0.25, 0.3) is 5.91 Å². The topological polar surface area (TPSA) is 149 Å². The molecule has 0 bridgehead atoms. The van der Waals surface area contributed by atoms with Crippen LogP contribution in [-0.4, -0.2) is 56.0 Å². The highest BCUT2D eigenvalue weighted by Gasteiger charge is 2.50. The molecule has 5 rings (SSSR count). The molecule has 4 N–H and O–H groups in total. The summed E-state index contributed by atoms with van der Waals surface area (Å²) in [5, 5.41) is 8.14. The summed E-state index contributed by atoms with van der Waals surface area (Å²) in [7, 11) is -5.77. The lowest BCUT2D eigenvalue weighted by Crippen LogP contribution is -2.57. The van der Waals surface area contributed by atoms with Crippen molar-refractivity contribution in [1.82, 2.24) is 15.2 Å². The normalized spacial score (nSPS) is 16.4. The van der Waals surface area contributed by atoms with E-state index >= 15 is 0 Å². The molecule has 3 heterocycles. The van der Waals surface area contributed by atoms with E-state index in [1.165, 1.54) is 28.4 Å². The number of nitrogens with zero attached hydrogens (tertiary/aromatic N) is 2. The molecule has 1 aliphatic heterocycles. The summed E-state index contributed by atoms with van der Waals surface area (Å²) < 4.78 is 40.3. The van der Waals surface area contributed by atoms with Crippen molar-refractivity contribution in [1.29, 1.82) is 0 Å². The third-order valence-corrected chi connectivity index (χ3v) is 10.6. The summed E-state index contributed by atoms with van der Waals surface area (Å²) in [5.74, 6) is -1.41. The molecule has 46 heavy (non-hydrogen) atoms. The predicted octanol–water partition coefficient (Wildman–Crippen LogP) is 5.95. The van der Waals surface area contributed by atoms with Crippen LogP contribution in [0, 0.1) is 5.41 Å². The van der Waals surface area contributed by atoms with E-state index in [2.05, 4.69) is 15.6 Å². The van der Waals surface area contributed by atoms with Crippen LogP contribution in [0.15, 0.2) is 60.0 Å². The van der Waals surface area contributed by atoms with Crippen LogP contribution in [-0.2, 0) is 26.2 Å². The average Bonchev–Trinajstić information content (AvgIpc) is 3.74. The van der Waals surface area contributed by atoms with E-state index in [9.17, 15) is 27.7 Å². The zero-order chi connectivity index (χ0) is 33.4. The average molecular weight is 691 g/mol. The Morgan fingerprint density at radius 3 is 2.50 bits per heavy atom. The van der Waals surface area contributed by atoms with Crippen molar-refractivity contribution >= 4 is 63.2 Å². The molecular weight excluding hydrogens is 657 g/mol. The number of carbonyl (C=O) groups excluding carboxylic acids is 3. The molecule has 10 nitrogen and oxygen atoms in total. The molecule has 0 radical (unpaired) electrons. The lowest BCUT2D eigenvalue weighted by Gasteiger charge is -2.35. The van der Waals surface area contributed by atoms with E-state index in [1.54, 1.807) is 20.8 Å². The molecule has 2 atom stereocenters. The van der Waals surface area contributed by atoms with Crippen LogP contribution in [0.5, 0.6) is 0 Å². The summed E-state index contributed by atoms with van der Waals surface area (Å²) in [4.78, 5) is 65.0. The maximum absolute atomic E-state index is 14.3. The molecule has 2 aromatic carbocycles. The lowest BCUT2D eigenvalue weighted by atomic mass is 9.85. The maximum atomic E-state index is 14.3. The first-order valence-electron chi connectivity index (χ1n) is 14.4. The van der Waals surface area contributed by atoms with Gasteiger partial charge in [-0.2, -0.15) is 8.78 Å². The molecule has 3 amide bonds. The molecule has 2 aromatic heterocycles. The third-order valence-electron chi connectivity index (χ3n) is 7.69. The van der Waals surface area contributed by atoms with Crippen LogP contribution in [0.3, 0.4) is 0 Å². The maximum Gasteiger partial charge on any atom is 0.399 e. The Bertz CT molecular complexity index is 1820. The van der Waals surface area contributed by atoms with Crippen molar-refractivity contribution in [3.05, 3.63) is 81.7 Å². The molecule has 0 saturated carbocycles. The number of thiophene rings is 1. The number of carbonyl (C=O) groups is 3. The molecule has 0 spiro atoms. The first-order chi connectivity index (χ1) is 21.5. The standard InChI is InChI=1S/C31H33F2N4O6PS2/c1-30(2,3)25(35-27(39)24-16-19-15-20(11-12-23(19)46-24)31(32,33)44(41,42)43)28(40)37-13-7-10-22(37)26(38)36-29-34-21(17-45-29)14-18-8-5-4-6-9-18/h4-6,8-9,11-12,15-17,22,25H,7,10,13-14H2,1-3H3,(H,35,39)(H,34,36,38)(H2,41,42,43). The van der Waals surface area contributed by atoms with E-state index in [-0.39, 0.29) is 16.2 Å². The Balaban J connectivity index is 1.29. The van der Waals surface area contributed by atoms with Crippen molar-refractivity contribution in [3.8, 4) is 0 Å². The minimum absolute atomic E-state index is 0.125. The number of benzene rings is 2. The smallest absolute Gasteiger partial charge is 0.339 e. The van der Waals surface area contributed by atoms with E-state index in [1.807, 2.05) is 35.7 Å². The van der Waals surface area contributed by atoms with E-state index < -0.39 is 48.1 Å². The second-order valence-corrected chi connectivity index (χ2v) is 15.8. The second-order valence-electron chi connectivity index (χ2n) is 12.2. The Morgan fingerprint density at radius 2 is 1.83 bits per heavy atom. The fraction of sp³-hybridized carbons (Fsp3) is 0.355. The molecule has 0 aliphatic carbocycles. The molecule has 1 fully saturated rings. The van der Waals surface area contributed by atoms with Gasteiger partial charge in [-0.1, -0.05) is 57.2 Å². The van der Waals surface area contributed by atoms with Gasteiger partial charge in [0.05, 0.1) is 10.6 Å². The number of anilines is 1. The van der Waals surface area contributed by atoms with E-state index in [0.717, 1.165) is 34.7 Å². The Kier molecular flexibility index (Phi) is 9.49. The highest BCUT2D eigenvalue weighted by atomic mass is 32.1. The number of hydrogen-bond donors (Lipinski definition) is 4. The zero-order valence-corrected chi connectivity index (χ0v) is 27.7. The predicted molar refractivity (Wildman–Crippen MR) is 173 cm³/mol. The molecule has 15 heteroatoms. The fourth-order valence-corrected chi connectivity index (χ4v) is 7.40. The van der Waals surface area contributed by atoms with Crippen LogP contribution < -0.4 is 10.6 Å². The summed E-state index contributed by atoms with van der Waals surface area (Å²) in [6.45, 7) is 5.68. The van der Waals surface area contributed by atoms with E-state index in [0.29, 0.717) is 35.6 Å². The number of thiazole rings is 1. The van der Waals surface area contributed by atoms with Crippen LogP contribution in [0.4, 0.5) is 13.9 Å². The van der Waals surface area contributed by atoms with Gasteiger partial charge in [-0.15, -0.1) is 22.7 Å². The lowest BCUT2D eigenvalue weighted by molar-refractivity contribution is -0.140. The van der Waals surface area contributed by atoms with Crippen molar-refractivity contribution < 1.29 is 37.5 Å². The van der Waals surface area contributed by atoms with Gasteiger partial charge < -0.3 is 25.3 Å². The van der Waals surface area contributed by atoms with Gasteiger partial charge in [-0.25, -0.2) is 4.98 Å². The summed E-state index contributed by atoms with van der Waals surface area (Å²) >= 11 is 2.30. The Labute approximate surface area is 272 Å². The van der Waals surface area contributed by atoms with Crippen molar-refractivity contribution in [2.24, 2.45) is 5.41 Å². The van der Waals surface area contributed by atoms with Gasteiger partial charge in [-0.3, -0.25) is 18.9 Å². The molecule has 4 aromatic rings. The molecule has 244 valence electrons. The first kappa shape index (κ1) is 33.8. The van der Waals surface area contributed by atoms with E-state index in [4.69, 9.17) is 9.79 Å². The van der Waals surface area contributed by atoms with Crippen LogP contribution in [0.2, 0.25) is 0 Å². The Hall–Kier alpha value is -3.55. The largest absolute Gasteiger partial charge is 0.399 e. The number of rotatable bonds is 9. The monoisotopic (exact) mass is 690 g/mol. The molecular formula is C31H33F2N4O6PS2. The number of amides is 3. The minimum Gasteiger partial charge on any atom is -0.339 e. The van der Waals surface area contributed by atoms with Gasteiger partial charge in [0.2, 0.25) is 11.8 Å². The molecule has 1 saturated heterocycles. The SMILES string of the molecule is CC(C)(C)C(NC(=O)c1cc2cc(C(F)(F)P(=O)(O)O)ccc2s1)C(=O)N1CCCC1C(=O)Nc1nc(Cc2ccccc2)cs1. The first-order valence-corrected chi connectivity index (χ1v) is 17.7. The number of alkyl halides is 2. The fourth-order valence-electron chi connectivity index (χ4n) is 5.27. The zero-order valence-electron chi connectivity index (χ0n) is 25.2. The second kappa shape index (κ2) is 12.9. The highest BCUT2D eigenvalue weighted by molar-refractivity contribution is 7.52. The number of hydrogen-bond acceptors (Lipinski definition) is 7. The quantitative estimate of drug-likeness (QED) is 0.159.